The van der Waals surface area contributed by atoms with Crippen molar-refractivity contribution in [2.45, 2.75) is 39.7 Å². The molecule has 0 bridgehead atoms. The van der Waals surface area contributed by atoms with Gasteiger partial charge >= 0.3 is 6.01 Å². The van der Waals surface area contributed by atoms with Gasteiger partial charge in [-0.05, 0) is 26.7 Å². The Hall–Kier alpha value is -1.92. The molecule has 0 N–H and O–H groups in total. The van der Waals surface area contributed by atoms with Crippen molar-refractivity contribution in [2.24, 2.45) is 0 Å². The summed E-state index contributed by atoms with van der Waals surface area (Å²) in [6, 6.07) is 0.929. The van der Waals surface area contributed by atoms with Gasteiger partial charge in [0.15, 0.2) is 0 Å². The lowest BCUT2D eigenvalue weighted by atomic mass is 10.1. The zero-order valence-electron chi connectivity index (χ0n) is 11.5. The van der Waals surface area contributed by atoms with E-state index in [1.54, 1.807) is 0 Å². The molecule has 2 aromatic heterocycles. The van der Waals surface area contributed by atoms with Gasteiger partial charge in [0.05, 0.1) is 6.04 Å². The molecule has 0 amide bonds. The van der Waals surface area contributed by atoms with Crippen LogP contribution >= 0.6 is 0 Å². The Bertz CT molecular complexity index is 575. The van der Waals surface area contributed by atoms with E-state index in [1.807, 2.05) is 25.5 Å². The third kappa shape index (κ3) is 2.32. The van der Waals surface area contributed by atoms with Gasteiger partial charge in [0, 0.05) is 20.0 Å². The first-order valence-electron chi connectivity index (χ1n) is 6.58. The highest BCUT2D eigenvalue weighted by atomic mass is 16.4. The average molecular weight is 262 g/mol. The van der Waals surface area contributed by atoms with Gasteiger partial charge in [-0.2, -0.15) is 5.10 Å². The van der Waals surface area contributed by atoms with Crippen molar-refractivity contribution >= 4 is 6.01 Å². The van der Waals surface area contributed by atoms with E-state index in [0.717, 1.165) is 37.6 Å². The Kier molecular flexibility index (Phi) is 2.96. The predicted octanol–water partition coefficient (Wildman–Crippen LogP) is 1.43. The topological polar surface area (TPSA) is 72.9 Å². The normalized spacial score (nSPS) is 19.9. The molecule has 0 saturated carbocycles. The fraction of sp³-hybridized carbons (Fsp3) is 0.667. The maximum absolute atomic E-state index is 5.50. The summed E-state index contributed by atoms with van der Waals surface area (Å²) in [5, 5.41) is 12.5. The van der Waals surface area contributed by atoms with Crippen molar-refractivity contribution in [3.05, 3.63) is 17.5 Å². The minimum atomic E-state index is 0.321. The number of anilines is 1. The quantitative estimate of drug-likeness (QED) is 0.815. The molecule has 0 spiro atoms. The van der Waals surface area contributed by atoms with Crippen LogP contribution in [0.2, 0.25) is 0 Å². The summed E-state index contributed by atoms with van der Waals surface area (Å²) in [5.41, 5.74) is 0. The Balaban J connectivity index is 1.80. The van der Waals surface area contributed by atoms with Crippen LogP contribution in [-0.2, 0) is 0 Å². The van der Waals surface area contributed by atoms with Crippen LogP contribution < -0.4 is 4.90 Å². The molecule has 1 unspecified atom stereocenters. The van der Waals surface area contributed by atoms with E-state index in [1.165, 1.54) is 0 Å². The molecule has 1 atom stereocenters. The number of nitrogens with zero attached hydrogens (tertiary/aromatic N) is 6. The molecule has 19 heavy (non-hydrogen) atoms. The van der Waals surface area contributed by atoms with Crippen LogP contribution in [-0.4, -0.2) is 38.1 Å². The van der Waals surface area contributed by atoms with Gasteiger partial charge in [0.2, 0.25) is 5.89 Å². The van der Waals surface area contributed by atoms with Crippen LogP contribution in [0.5, 0.6) is 0 Å². The Labute approximate surface area is 111 Å². The minimum absolute atomic E-state index is 0.321. The fourth-order valence-electron chi connectivity index (χ4n) is 2.62. The third-order valence-corrected chi connectivity index (χ3v) is 3.44. The fourth-order valence-corrected chi connectivity index (χ4v) is 2.62. The van der Waals surface area contributed by atoms with E-state index in [0.29, 0.717) is 17.9 Å². The number of aromatic nitrogens is 5. The van der Waals surface area contributed by atoms with Gasteiger partial charge in [-0.15, -0.1) is 5.10 Å². The van der Waals surface area contributed by atoms with Crippen LogP contribution in [0.4, 0.5) is 6.01 Å². The SMILES string of the molecule is Cc1nc(C)n(C2CCCN(c3nnc(C)o3)C2)n1. The second-order valence-corrected chi connectivity index (χ2v) is 5.00. The van der Waals surface area contributed by atoms with Gasteiger partial charge in [-0.1, -0.05) is 5.10 Å². The molecule has 1 aliphatic heterocycles. The Morgan fingerprint density at radius 1 is 1.21 bits per heavy atom. The molecule has 0 radical (unpaired) electrons. The number of hydrogen-bond acceptors (Lipinski definition) is 6. The summed E-state index contributed by atoms with van der Waals surface area (Å²) >= 11 is 0. The van der Waals surface area contributed by atoms with E-state index in [9.17, 15) is 0 Å². The summed E-state index contributed by atoms with van der Waals surface area (Å²) in [6.07, 6.45) is 2.19. The first-order valence-corrected chi connectivity index (χ1v) is 6.58. The second-order valence-electron chi connectivity index (χ2n) is 5.00. The zero-order chi connectivity index (χ0) is 13.4. The lowest BCUT2D eigenvalue weighted by molar-refractivity contribution is 0.353. The van der Waals surface area contributed by atoms with Crippen LogP contribution in [0, 0.1) is 20.8 Å². The van der Waals surface area contributed by atoms with Crippen LogP contribution in [0.3, 0.4) is 0 Å². The van der Waals surface area contributed by atoms with Crippen molar-refractivity contribution in [3.8, 4) is 0 Å². The van der Waals surface area contributed by atoms with Crippen molar-refractivity contribution in [2.75, 3.05) is 18.0 Å². The van der Waals surface area contributed by atoms with Gasteiger partial charge in [-0.3, -0.25) is 0 Å². The van der Waals surface area contributed by atoms with E-state index in [-0.39, 0.29) is 0 Å². The lowest BCUT2D eigenvalue weighted by Crippen LogP contribution is -2.37. The lowest BCUT2D eigenvalue weighted by Gasteiger charge is -2.31. The summed E-state index contributed by atoms with van der Waals surface area (Å²) in [7, 11) is 0. The molecule has 7 nitrogen and oxygen atoms in total. The highest BCUT2D eigenvalue weighted by Gasteiger charge is 2.26. The number of rotatable bonds is 2. The van der Waals surface area contributed by atoms with Gasteiger partial charge in [-0.25, -0.2) is 9.67 Å². The van der Waals surface area contributed by atoms with E-state index < -0.39 is 0 Å². The molecule has 3 rings (SSSR count). The third-order valence-electron chi connectivity index (χ3n) is 3.44. The van der Waals surface area contributed by atoms with Crippen molar-refractivity contribution in [3.63, 3.8) is 0 Å². The molecule has 7 heteroatoms. The predicted molar refractivity (Wildman–Crippen MR) is 69.0 cm³/mol. The molecular formula is C12H18N6O. The van der Waals surface area contributed by atoms with E-state index in [2.05, 4.69) is 25.2 Å². The summed E-state index contributed by atoms with van der Waals surface area (Å²) < 4.78 is 7.52. The van der Waals surface area contributed by atoms with E-state index in [4.69, 9.17) is 4.42 Å². The highest BCUT2D eigenvalue weighted by molar-refractivity contribution is 5.25. The number of aryl methyl sites for hydroxylation is 3. The van der Waals surface area contributed by atoms with Gasteiger partial charge < -0.3 is 9.32 Å². The Morgan fingerprint density at radius 3 is 2.68 bits per heavy atom. The van der Waals surface area contributed by atoms with Crippen molar-refractivity contribution in [1.29, 1.82) is 0 Å². The maximum Gasteiger partial charge on any atom is 0.318 e. The monoisotopic (exact) mass is 262 g/mol. The first-order chi connectivity index (χ1) is 9.13. The highest BCUT2D eigenvalue weighted by Crippen LogP contribution is 2.25. The second kappa shape index (κ2) is 4.64. The van der Waals surface area contributed by atoms with Crippen molar-refractivity contribution in [1.82, 2.24) is 25.0 Å². The molecule has 1 saturated heterocycles. The minimum Gasteiger partial charge on any atom is -0.408 e. The molecule has 1 aliphatic rings. The van der Waals surface area contributed by atoms with E-state index >= 15 is 0 Å². The smallest absolute Gasteiger partial charge is 0.318 e. The number of piperidine rings is 1. The van der Waals surface area contributed by atoms with Crippen LogP contribution in [0.25, 0.3) is 0 Å². The number of hydrogen-bond donors (Lipinski definition) is 0. The molecular weight excluding hydrogens is 244 g/mol. The summed E-state index contributed by atoms with van der Waals surface area (Å²) in [4.78, 5) is 6.50. The zero-order valence-corrected chi connectivity index (χ0v) is 11.5. The molecule has 0 aromatic carbocycles. The molecule has 102 valence electrons. The summed E-state index contributed by atoms with van der Waals surface area (Å²) in [5.74, 6) is 2.39. The van der Waals surface area contributed by atoms with Crippen LogP contribution in [0.15, 0.2) is 4.42 Å². The average Bonchev–Trinajstić information content (AvgIpc) is 2.96. The maximum atomic E-state index is 5.50. The van der Waals surface area contributed by atoms with Crippen molar-refractivity contribution < 1.29 is 4.42 Å². The molecule has 0 aliphatic carbocycles. The largest absolute Gasteiger partial charge is 0.408 e. The Morgan fingerprint density at radius 2 is 2.05 bits per heavy atom. The molecule has 3 heterocycles. The standard InChI is InChI=1S/C12H18N6O/c1-8-13-9(2)18(16-8)11-5-4-6-17(7-11)12-15-14-10(3)19-12/h11H,4-7H2,1-3H3. The first kappa shape index (κ1) is 12.1. The van der Waals surface area contributed by atoms with Crippen LogP contribution in [0.1, 0.15) is 36.4 Å². The molecule has 2 aromatic rings. The summed E-state index contributed by atoms with van der Waals surface area (Å²) in [6.45, 7) is 7.51. The molecule has 1 fully saturated rings. The van der Waals surface area contributed by atoms with Gasteiger partial charge in [0.25, 0.3) is 0 Å². The van der Waals surface area contributed by atoms with Gasteiger partial charge in [0.1, 0.15) is 11.6 Å².